The maximum Gasteiger partial charge on any atom is 0.416 e. The summed E-state index contributed by atoms with van der Waals surface area (Å²) in [6, 6.07) is 23.1. The first kappa shape index (κ1) is 29.9. The molecule has 0 bridgehead atoms. The van der Waals surface area contributed by atoms with Crippen molar-refractivity contribution >= 4 is 48.7 Å². The Kier molecular flexibility index (Phi) is 6.91. The predicted molar refractivity (Wildman–Crippen MR) is 178 cm³/mol. The maximum atomic E-state index is 14.2. The summed E-state index contributed by atoms with van der Waals surface area (Å²) in [5.41, 5.74) is 3.95. The van der Waals surface area contributed by atoms with Gasteiger partial charge in [0.05, 0.1) is 19.8 Å². The van der Waals surface area contributed by atoms with Crippen molar-refractivity contribution < 1.29 is 27.4 Å². The average Bonchev–Trinajstić information content (AvgIpc) is 3.26. The molecule has 0 aromatic heterocycles. The standard InChI is InChI=1S/C37H27Br2F3O3/c1-35(2)32-29(18-23(38)19-30(32)39)31-26-14-9-22(37(40,41)42)17-28(26)34-27(33(31)35)15-16-36(45-34,20-5-10-24(43-3)11-6-20)21-7-12-25(44-4)13-8-21/h5-19H,1-4H3. The van der Waals surface area contributed by atoms with Crippen molar-refractivity contribution in [2.45, 2.75) is 31.0 Å². The molecule has 228 valence electrons. The quantitative estimate of drug-likeness (QED) is 0.184. The van der Waals surface area contributed by atoms with Crippen molar-refractivity contribution in [1.29, 1.82) is 0 Å². The Morgan fingerprint density at radius 2 is 1.33 bits per heavy atom. The summed E-state index contributed by atoms with van der Waals surface area (Å²) >= 11 is 7.42. The third-order valence-electron chi connectivity index (χ3n) is 8.98. The van der Waals surface area contributed by atoms with Gasteiger partial charge < -0.3 is 14.2 Å². The number of methoxy groups -OCH3 is 2. The summed E-state index contributed by atoms with van der Waals surface area (Å²) in [7, 11) is 3.20. The number of benzene rings is 5. The van der Waals surface area contributed by atoms with E-state index in [0.717, 1.165) is 54.0 Å². The highest BCUT2D eigenvalue weighted by molar-refractivity contribution is 9.11. The van der Waals surface area contributed by atoms with Gasteiger partial charge in [-0.05, 0) is 82.2 Å². The maximum absolute atomic E-state index is 14.2. The van der Waals surface area contributed by atoms with E-state index in [1.165, 1.54) is 6.07 Å². The van der Waals surface area contributed by atoms with Crippen molar-refractivity contribution in [3.05, 3.63) is 127 Å². The van der Waals surface area contributed by atoms with Crippen LogP contribution in [-0.4, -0.2) is 14.2 Å². The minimum Gasteiger partial charge on any atom is -0.497 e. The van der Waals surface area contributed by atoms with Gasteiger partial charge in [0.15, 0.2) is 5.60 Å². The lowest BCUT2D eigenvalue weighted by molar-refractivity contribution is -0.137. The van der Waals surface area contributed by atoms with Crippen LogP contribution in [0.5, 0.6) is 17.2 Å². The first-order valence-electron chi connectivity index (χ1n) is 14.3. The summed E-state index contributed by atoms with van der Waals surface area (Å²) < 4.78 is 62.4. The van der Waals surface area contributed by atoms with E-state index >= 15 is 0 Å². The zero-order valence-corrected chi connectivity index (χ0v) is 27.9. The van der Waals surface area contributed by atoms with Crippen LogP contribution < -0.4 is 14.2 Å². The van der Waals surface area contributed by atoms with Crippen LogP contribution in [0.4, 0.5) is 13.2 Å². The van der Waals surface area contributed by atoms with Gasteiger partial charge in [0.25, 0.3) is 0 Å². The van der Waals surface area contributed by atoms with Crippen LogP contribution in [0, 0.1) is 0 Å². The third kappa shape index (κ3) is 4.51. The van der Waals surface area contributed by atoms with E-state index in [-0.39, 0.29) is 0 Å². The van der Waals surface area contributed by atoms with Gasteiger partial charge in [-0.25, -0.2) is 0 Å². The van der Waals surface area contributed by atoms with E-state index < -0.39 is 22.8 Å². The van der Waals surface area contributed by atoms with Crippen LogP contribution in [0.1, 0.15) is 47.2 Å². The molecule has 0 N–H and O–H groups in total. The molecular formula is C37H27Br2F3O3. The molecule has 1 aliphatic carbocycles. The third-order valence-corrected chi connectivity index (χ3v) is 10.1. The molecule has 0 spiro atoms. The first-order chi connectivity index (χ1) is 21.4. The fourth-order valence-electron chi connectivity index (χ4n) is 6.93. The lowest BCUT2D eigenvalue weighted by Crippen LogP contribution is -2.35. The van der Waals surface area contributed by atoms with E-state index in [1.54, 1.807) is 20.3 Å². The number of rotatable bonds is 4. The van der Waals surface area contributed by atoms with Gasteiger partial charge in [-0.15, -0.1) is 0 Å². The lowest BCUT2D eigenvalue weighted by atomic mass is 9.76. The van der Waals surface area contributed by atoms with Crippen molar-refractivity contribution in [2.24, 2.45) is 0 Å². The van der Waals surface area contributed by atoms with E-state index in [1.807, 2.05) is 72.8 Å². The first-order valence-corrected chi connectivity index (χ1v) is 15.9. The van der Waals surface area contributed by atoms with Gasteiger partial charge in [-0.1, -0.05) is 82.1 Å². The molecule has 1 heterocycles. The van der Waals surface area contributed by atoms with Gasteiger partial charge in [-0.2, -0.15) is 13.2 Å². The fourth-order valence-corrected chi connectivity index (χ4v) is 8.65. The molecule has 0 radical (unpaired) electrons. The zero-order chi connectivity index (χ0) is 31.9. The van der Waals surface area contributed by atoms with Crippen molar-refractivity contribution in [3.8, 4) is 28.4 Å². The summed E-state index contributed by atoms with van der Waals surface area (Å²) in [5.74, 6) is 1.76. The van der Waals surface area contributed by atoms with Crippen LogP contribution in [0.15, 0.2) is 93.9 Å². The molecular weight excluding hydrogens is 709 g/mol. The van der Waals surface area contributed by atoms with Crippen LogP contribution in [0.2, 0.25) is 0 Å². The molecule has 8 heteroatoms. The van der Waals surface area contributed by atoms with Gasteiger partial charge in [0.2, 0.25) is 0 Å². The van der Waals surface area contributed by atoms with Crippen molar-refractivity contribution in [3.63, 3.8) is 0 Å². The Morgan fingerprint density at radius 1 is 0.733 bits per heavy atom. The van der Waals surface area contributed by atoms with E-state index in [0.29, 0.717) is 28.0 Å². The number of ether oxygens (including phenoxy) is 3. The molecule has 45 heavy (non-hydrogen) atoms. The Hall–Kier alpha value is -3.75. The fraction of sp³-hybridized carbons (Fsp3) is 0.189. The van der Waals surface area contributed by atoms with E-state index in [4.69, 9.17) is 14.2 Å². The van der Waals surface area contributed by atoms with Crippen LogP contribution in [0.25, 0.3) is 28.0 Å². The number of hydrogen-bond acceptors (Lipinski definition) is 3. The summed E-state index contributed by atoms with van der Waals surface area (Å²) in [6.45, 7) is 4.30. The molecule has 5 aromatic rings. The van der Waals surface area contributed by atoms with Gasteiger partial charge in [0.1, 0.15) is 17.2 Å². The lowest BCUT2D eigenvalue weighted by Gasteiger charge is -2.38. The average molecular weight is 736 g/mol. The van der Waals surface area contributed by atoms with E-state index in [2.05, 4.69) is 45.7 Å². The molecule has 0 saturated heterocycles. The number of halogens is 5. The highest BCUT2D eigenvalue weighted by Gasteiger charge is 2.45. The normalized spacial score (nSPS) is 15.7. The predicted octanol–water partition coefficient (Wildman–Crippen LogP) is 11.1. The number of fused-ring (bicyclic) bond motifs is 8. The Morgan fingerprint density at radius 3 is 1.89 bits per heavy atom. The zero-order valence-electron chi connectivity index (χ0n) is 24.8. The highest BCUT2D eigenvalue weighted by Crippen LogP contribution is 2.60. The smallest absolute Gasteiger partial charge is 0.416 e. The van der Waals surface area contributed by atoms with Gasteiger partial charge in [-0.3, -0.25) is 0 Å². The molecule has 0 atom stereocenters. The van der Waals surface area contributed by atoms with Crippen molar-refractivity contribution in [2.75, 3.05) is 14.2 Å². The Labute approximate surface area is 275 Å². The largest absolute Gasteiger partial charge is 0.497 e. The van der Waals surface area contributed by atoms with Crippen LogP contribution in [0.3, 0.4) is 0 Å². The summed E-state index contributed by atoms with van der Waals surface area (Å²) in [5, 5.41) is 1.09. The van der Waals surface area contributed by atoms with Gasteiger partial charge >= 0.3 is 6.18 Å². The monoisotopic (exact) mass is 734 g/mol. The van der Waals surface area contributed by atoms with Crippen LogP contribution >= 0.6 is 31.9 Å². The Bertz CT molecular complexity index is 1980. The van der Waals surface area contributed by atoms with E-state index in [9.17, 15) is 13.2 Å². The summed E-state index contributed by atoms with van der Waals surface area (Å²) in [6.07, 6.45) is -0.512. The molecule has 0 fully saturated rings. The molecule has 0 unspecified atom stereocenters. The SMILES string of the molecule is COc1ccc(C2(c3ccc(OC)cc3)C=Cc3c4c(c5ccc(C(F)(F)F)cc5c3O2)-c2cc(Br)cc(Br)c2C4(C)C)cc1. The van der Waals surface area contributed by atoms with Crippen molar-refractivity contribution in [1.82, 2.24) is 0 Å². The minimum absolute atomic E-state index is 0.397. The topological polar surface area (TPSA) is 27.7 Å². The molecule has 0 amide bonds. The number of hydrogen-bond donors (Lipinski definition) is 0. The molecule has 2 aliphatic rings. The molecule has 0 saturated carbocycles. The highest BCUT2D eigenvalue weighted by atomic mass is 79.9. The molecule has 5 aromatic carbocycles. The molecule has 7 rings (SSSR count). The molecule has 1 aliphatic heterocycles. The second-order valence-corrected chi connectivity index (χ2v) is 13.6. The summed E-state index contributed by atoms with van der Waals surface area (Å²) in [4.78, 5) is 0. The second kappa shape index (κ2) is 10.4. The second-order valence-electron chi connectivity index (χ2n) is 11.8. The van der Waals surface area contributed by atoms with Crippen LogP contribution in [-0.2, 0) is 17.2 Å². The number of alkyl halides is 3. The Balaban J connectivity index is 1.58. The van der Waals surface area contributed by atoms with Gasteiger partial charge in [0, 0.05) is 36.4 Å². The minimum atomic E-state index is -4.53. The molecule has 3 nitrogen and oxygen atoms in total.